The molecule has 0 saturated carbocycles. The van der Waals surface area contributed by atoms with Gasteiger partial charge >= 0.3 is 0 Å². The monoisotopic (exact) mass is 495 g/mol. The van der Waals surface area contributed by atoms with Crippen molar-refractivity contribution in [3.63, 3.8) is 0 Å². The number of benzene rings is 3. The SMILES string of the molecule is COc1ccccc1NC(=O)COc1ccc(/C=C/C(=O)c2cccc(Br)c2)cc1OC. The molecule has 0 aromatic heterocycles. The number of anilines is 1. The molecule has 3 aromatic carbocycles. The highest BCUT2D eigenvalue weighted by Crippen LogP contribution is 2.29. The lowest BCUT2D eigenvalue weighted by Gasteiger charge is -2.13. The predicted molar refractivity (Wildman–Crippen MR) is 128 cm³/mol. The molecule has 164 valence electrons. The molecule has 0 fully saturated rings. The van der Waals surface area contributed by atoms with Gasteiger partial charge in [-0.1, -0.05) is 52.3 Å². The third kappa shape index (κ3) is 6.21. The van der Waals surface area contributed by atoms with Crippen molar-refractivity contribution in [3.05, 3.63) is 88.4 Å². The van der Waals surface area contributed by atoms with Crippen LogP contribution in [0.4, 0.5) is 5.69 Å². The number of ketones is 1. The van der Waals surface area contributed by atoms with Gasteiger partial charge in [-0.25, -0.2) is 0 Å². The topological polar surface area (TPSA) is 73.9 Å². The molecule has 0 atom stereocenters. The summed E-state index contributed by atoms with van der Waals surface area (Å²) in [6.07, 6.45) is 3.20. The lowest BCUT2D eigenvalue weighted by atomic mass is 10.1. The molecule has 0 aliphatic carbocycles. The first-order valence-corrected chi connectivity index (χ1v) is 10.5. The Balaban J connectivity index is 1.63. The fourth-order valence-corrected chi connectivity index (χ4v) is 3.29. The fraction of sp³-hybridized carbons (Fsp3) is 0.120. The Morgan fingerprint density at radius 1 is 0.906 bits per heavy atom. The Morgan fingerprint density at radius 2 is 1.69 bits per heavy atom. The van der Waals surface area contributed by atoms with Crippen molar-refractivity contribution in [2.45, 2.75) is 0 Å². The minimum atomic E-state index is -0.333. The number of para-hydroxylation sites is 2. The fourth-order valence-electron chi connectivity index (χ4n) is 2.89. The van der Waals surface area contributed by atoms with Crippen molar-refractivity contribution in [3.8, 4) is 17.2 Å². The Kier molecular flexibility index (Phi) is 8.05. The van der Waals surface area contributed by atoms with Crippen LogP contribution >= 0.6 is 15.9 Å². The molecule has 1 amide bonds. The maximum absolute atomic E-state index is 12.3. The minimum absolute atomic E-state index is 0.112. The van der Waals surface area contributed by atoms with Gasteiger partial charge in [0.25, 0.3) is 5.91 Å². The van der Waals surface area contributed by atoms with Gasteiger partial charge in [-0.05, 0) is 48.0 Å². The molecule has 0 aliphatic heterocycles. The predicted octanol–water partition coefficient (Wildman–Crippen LogP) is 5.38. The molecule has 0 unspecified atom stereocenters. The van der Waals surface area contributed by atoms with Gasteiger partial charge in [0.05, 0.1) is 19.9 Å². The highest BCUT2D eigenvalue weighted by atomic mass is 79.9. The number of ether oxygens (including phenoxy) is 3. The summed E-state index contributed by atoms with van der Waals surface area (Å²) < 4.78 is 17.1. The van der Waals surface area contributed by atoms with Crippen LogP contribution in [-0.2, 0) is 4.79 Å². The molecule has 32 heavy (non-hydrogen) atoms. The highest BCUT2D eigenvalue weighted by molar-refractivity contribution is 9.10. The van der Waals surface area contributed by atoms with E-state index in [1.165, 1.54) is 20.3 Å². The van der Waals surface area contributed by atoms with Crippen LogP contribution in [0.5, 0.6) is 17.2 Å². The van der Waals surface area contributed by atoms with Gasteiger partial charge in [-0.15, -0.1) is 0 Å². The van der Waals surface area contributed by atoms with Crippen molar-refractivity contribution >= 4 is 39.4 Å². The molecule has 3 aromatic rings. The van der Waals surface area contributed by atoms with E-state index in [2.05, 4.69) is 21.2 Å². The smallest absolute Gasteiger partial charge is 0.262 e. The van der Waals surface area contributed by atoms with Gasteiger partial charge in [0.15, 0.2) is 23.9 Å². The normalized spacial score (nSPS) is 10.6. The van der Waals surface area contributed by atoms with E-state index in [1.807, 2.05) is 18.2 Å². The average Bonchev–Trinajstić information content (AvgIpc) is 2.81. The Bertz CT molecular complexity index is 1140. The van der Waals surface area contributed by atoms with Gasteiger partial charge in [-0.3, -0.25) is 9.59 Å². The number of carbonyl (C=O) groups is 2. The molecular formula is C25H22BrNO5. The van der Waals surface area contributed by atoms with Crippen LogP contribution in [0.15, 0.2) is 77.3 Å². The molecular weight excluding hydrogens is 474 g/mol. The van der Waals surface area contributed by atoms with E-state index in [4.69, 9.17) is 14.2 Å². The van der Waals surface area contributed by atoms with Crippen LogP contribution in [0.1, 0.15) is 15.9 Å². The van der Waals surface area contributed by atoms with E-state index >= 15 is 0 Å². The van der Waals surface area contributed by atoms with Crippen molar-refractivity contribution in [1.29, 1.82) is 0 Å². The largest absolute Gasteiger partial charge is 0.495 e. The number of amides is 1. The number of methoxy groups -OCH3 is 2. The standard InChI is InChI=1S/C25H22BrNO5/c1-30-22-9-4-3-8-20(22)27-25(29)16-32-23-13-11-17(14-24(23)31-2)10-12-21(28)18-6-5-7-19(26)15-18/h3-15H,16H2,1-2H3,(H,27,29)/b12-10+. The van der Waals surface area contributed by atoms with E-state index in [1.54, 1.807) is 54.6 Å². The second-order valence-electron chi connectivity index (χ2n) is 6.66. The molecule has 7 heteroatoms. The third-order valence-electron chi connectivity index (χ3n) is 4.46. The Morgan fingerprint density at radius 3 is 2.44 bits per heavy atom. The van der Waals surface area contributed by atoms with Gasteiger partial charge in [-0.2, -0.15) is 0 Å². The van der Waals surface area contributed by atoms with Crippen molar-refractivity contribution < 1.29 is 23.8 Å². The Hall–Kier alpha value is -3.58. The molecule has 0 radical (unpaired) electrons. The number of carbonyl (C=O) groups excluding carboxylic acids is 2. The third-order valence-corrected chi connectivity index (χ3v) is 4.96. The summed E-state index contributed by atoms with van der Waals surface area (Å²) in [4.78, 5) is 24.6. The first-order chi connectivity index (χ1) is 15.5. The van der Waals surface area contributed by atoms with E-state index in [-0.39, 0.29) is 18.3 Å². The molecule has 3 rings (SSSR count). The van der Waals surface area contributed by atoms with Crippen LogP contribution in [-0.4, -0.2) is 32.5 Å². The van der Waals surface area contributed by atoms with Gasteiger partial charge < -0.3 is 19.5 Å². The highest BCUT2D eigenvalue weighted by Gasteiger charge is 2.11. The van der Waals surface area contributed by atoms with Gasteiger partial charge in [0.1, 0.15) is 5.75 Å². The number of hydrogen-bond acceptors (Lipinski definition) is 5. The van der Waals surface area contributed by atoms with Crippen molar-refractivity contribution in [2.24, 2.45) is 0 Å². The molecule has 0 aliphatic rings. The number of nitrogens with one attached hydrogen (secondary N) is 1. The second kappa shape index (κ2) is 11.2. The van der Waals surface area contributed by atoms with Crippen LogP contribution in [0.2, 0.25) is 0 Å². The number of rotatable bonds is 9. The van der Waals surface area contributed by atoms with E-state index in [0.29, 0.717) is 28.5 Å². The van der Waals surface area contributed by atoms with Crippen LogP contribution in [0, 0.1) is 0 Å². The molecule has 1 N–H and O–H groups in total. The molecule has 6 nitrogen and oxygen atoms in total. The lowest BCUT2D eigenvalue weighted by molar-refractivity contribution is -0.118. The van der Waals surface area contributed by atoms with E-state index in [0.717, 1.165) is 10.0 Å². The summed E-state index contributed by atoms with van der Waals surface area (Å²) in [7, 11) is 3.05. The summed E-state index contributed by atoms with van der Waals surface area (Å²) in [6.45, 7) is -0.203. The maximum atomic E-state index is 12.3. The van der Waals surface area contributed by atoms with E-state index < -0.39 is 0 Å². The van der Waals surface area contributed by atoms with Crippen LogP contribution < -0.4 is 19.5 Å². The lowest BCUT2D eigenvalue weighted by Crippen LogP contribution is -2.20. The number of hydrogen-bond donors (Lipinski definition) is 1. The van der Waals surface area contributed by atoms with Crippen molar-refractivity contribution in [1.82, 2.24) is 0 Å². The maximum Gasteiger partial charge on any atom is 0.262 e. The molecule has 0 heterocycles. The molecule has 0 saturated heterocycles. The quantitative estimate of drug-likeness (QED) is 0.318. The second-order valence-corrected chi connectivity index (χ2v) is 7.57. The summed E-state index contributed by atoms with van der Waals surface area (Å²) in [5.74, 6) is 0.982. The van der Waals surface area contributed by atoms with E-state index in [9.17, 15) is 9.59 Å². The van der Waals surface area contributed by atoms with Crippen LogP contribution in [0.25, 0.3) is 6.08 Å². The number of allylic oxidation sites excluding steroid dienone is 1. The summed E-state index contributed by atoms with van der Waals surface area (Å²) >= 11 is 3.36. The molecule has 0 bridgehead atoms. The molecule has 0 spiro atoms. The zero-order valence-electron chi connectivity index (χ0n) is 17.6. The summed E-state index contributed by atoms with van der Waals surface area (Å²) in [5.41, 5.74) is 1.91. The first-order valence-electron chi connectivity index (χ1n) is 9.72. The first kappa shape index (κ1) is 23.1. The average molecular weight is 496 g/mol. The van der Waals surface area contributed by atoms with Crippen LogP contribution in [0.3, 0.4) is 0 Å². The Labute approximate surface area is 194 Å². The zero-order chi connectivity index (χ0) is 22.9. The summed E-state index contributed by atoms with van der Waals surface area (Å²) in [6, 6.07) is 19.5. The summed E-state index contributed by atoms with van der Waals surface area (Å²) in [5, 5.41) is 2.75. The zero-order valence-corrected chi connectivity index (χ0v) is 19.2. The van der Waals surface area contributed by atoms with Crippen molar-refractivity contribution in [2.75, 3.05) is 26.1 Å². The minimum Gasteiger partial charge on any atom is -0.495 e. The van der Waals surface area contributed by atoms with Gasteiger partial charge in [0, 0.05) is 10.0 Å². The van der Waals surface area contributed by atoms with Gasteiger partial charge in [0.2, 0.25) is 0 Å². The number of halogens is 1.